The third kappa shape index (κ3) is 2.47. The molecule has 27 heavy (non-hydrogen) atoms. The number of aryl methyl sites for hydroxylation is 1. The van der Waals surface area contributed by atoms with E-state index in [2.05, 4.69) is 59.7 Å². The Labute approximate surface area is 162 Å². The summed E-state index contributed by atoms with van der Waals surface area (Å²) in [7, 11) is -0.301. The van der Waals surface area contributed by atoms with Crippen LogP contribution in [0.15, 0.2) is 23.2 Å². The van der Waals surface area contributed by atoms with Gasteiger partial charge in [-0.25, -0.2) is 4.99 Å². The van der Waals surface area contributed by atoms with Crippen LogP contribution in [0.5, 0.6) is 0 Å². The van der Waals surface area contributed by atoms with Gasteiger partial charge >= 0.3 is 7.12 Å². The minimum absolute atomic E-state index is 0.157. The van der Waals surface area contributed by atoms with E-state index < -0.39 is 0 Å². The fourth-order valence-corrected chi connectivity index (χ4v) is 5.76. The molecule has 2 heterocycles. The molecule has 5 aliphatic rings. The highest BCUT2D eigenvalue weighted by molar-refractivity contribution is 6.62. The van der Waals surface area contributed by atoms with Crippen LogP contribution in [-0.4, -0.2) is 36.9 Å². The lowest BCUT2D eigenvalue weighted by Crippen LogP contribution is -2.65. The summed E-state index contributed by atoms with van der Waals surface area (Å²) in [6, 6.07) is 6.36. The van der Waals surface area contributed by atoms with E-state index in [-0.39, 0.29) is 24.4 Å². The van der Waals surface area contributed by atoms with Gasteiger partial charge in [-0.2, -0.15) is 0 Å². The molecule has 6 rings (SSSR count). The second-order valence-electron chi connectivity index (χ2n) is 10.4. The minimum atomic E-state index is -0.301. The summed E-state index contributed by atoms with van der Waals surface area (Å²) in [5, 5.41) is 0. The standard InChI is InChI=1S/C22H30BNO3/c1-13-7-8-14(19-24-20(2,3)12-25-19)9-16(13)23-26-18-11-15-10-17(21(15,4)5)22(18,6)27-23/h7-9,15,17-18H,10-12H2,1-6H3. The fourth-order valence-electron chi connectivity index (χ4n) is 5.76. The van der Waals surface area contributed by atoms with E-state index in [0.717, 1.165) is 29.3 Å². The molecule has 1 aromatic rings. The average Bonchev–Trinajstić information content (AvgIpc) is 3.13. The van der Waals surface area contributed by atoms with Gasteiger partial charge in [-0.05, 0) is 75.4 Å². The van der Waals surface area contributed by atoms with Crippen LogP contribution < -0.4 is 5.46 Å². The van der Waals surface area contributed by atoms with Gasteiger partial charge in [-0.1, -0.05) is 25.5 Å². The molecule has 0 N–H and O–H groups in total. The Kier molecular flexibility index (Phi) is 3.54. The Morgan fingerprint density at radius 2 is 1.89 bits per heavy atom. The molecule has 2 bridgehead atoms. The third-order valence-corrected chi connectivity index (χ3v) is 7.70. The predicted molar refractivity (Wildman–Crippen MR) is 107 cm³/mol. The molecule has 5 heteroatoms. The van der Waals surface area contributed by atoms with Gasteiger partial charge in [0.15, 0.2) is 0 Å². The molecule has 4 unspecified atom stereocenters. The summed E-state index contributed by atoms with van der Waals surface area (Å²) < 4.78 is 19.0. The number of ether oxygens (including phenoxy) is 1. The zero-order chi connectivity index (χ0) is 19.2. The number of hydrogen-bond acceptors (Lipinski definition) is 4. The number of aliphatic imine (C=N–C) groups is 1. The van der Waals surface area contributed by atoms with E-state index in [1.807, 2.05) is 0 Å². The second-order valence-corrected chi connectivity index (χ2v) is 10.4. The van der Waals surface area contributed by atoms with Gasteiger partial charge in [0.1, 0.15) is 6.61 Å². The average molecular weight is 367 g/mol. The number of nitrogens with zero attached hydrogens (tertiary/aromatic N) is 1. The molecule has 1 saturated heterocycles. The van der Waals surface area contributed by atoms with E-state index in [1.54, 1.807) is 0 Å². The number of benzene rings is 1. The topological polar surface area (TPSA) is 40.0 Å². The molecule has 0 aromatic heterocycles. The van der Waals surface area contributed by atoms with E-state index in [1.165, 1.54) is 12.0 Å². The highest BCUT2D eigenvalue weighted by atomic mass is 16.7. The van der Waals surface area contributed by atoms with Crippen LogP contribution >= 0.6 is 0 Å². The van der Waals surface area contributed by atoms with Crippen molar-refractivity contribution in [3.05, 3.63) is 29.3 Å². The molecule has 1 aromatic carbocycles. The first-order chi connectivity index (χ1) is 12.6. The van der Waals surface area contributed by atoms with Gasteiger partial charge in [0.05, 0.1) is 17.2 Å². The smallest absolute Gasteiger partial charge is 0.475 e. The molecule has 3 aliphatic carbocycles. The van der Waals surface area contributed by atoms with Crippen molar-refractivity contribution in [2.75, 3.05) is 6.61 Å². The van der Waals surface area contributed by atoms with Crippen LogP contribution in [0.4, 0.5) is 0 Å². The molecule has 4 atom stereocenters. The lowest BCUT2D eigenvalue weighted by atomic mass is 9.43. The summed E-state index contributed by atoms with van der Waals surface area (Å²) in [5.41, 5.74) is 3.32. The van der Waals surface area contributed by atoms with E-state index in [0.29, 0.717) is 17.9 Å². The monoisotopic (exact) mass is 367 g/mol. The maximum Gasteiger partial charge on any atom is 0.494 e. The Bertz CT molecular complexity index is 833. The molecular formula is C22H30BNO3. The molecule has 3 saturated carbocycles. The van der Waals surface area contributed by atoms with E-state index in [9.17, 15) is 0 Å². The predicted octanol–water partition coefficient (Wildman–Crippen LogP) is 3.49. The molecule has 0 radical (unpaired) electrons. The third-order valence-electron chi connectivity index (χ3n) is 7.70. The first-order valence-corrected chi connectivity index (χ1v) is 10.3. The minimum Gasteiger partial charge on any atom is -0.475 e. The lowest BCUT2D eigenvalue weighted by Gasteiger charge is -2.64. The van der Waals surface area contributed by atoms with Crippen LogP contribution in [0, 0.1) is 24.2 Å². The van der Waals surface area contributed by atoms with Crippen molar-refractivity contribution in [1.29, 1.82) is 0 Å². The van der Waals surface area contributed by atoms with Crippen LogP contribution in [-0.2, 0) is 14.0 Å². The first-order valence-electron chi connectivity index (χ1n) is 10.3. The first kappa shape index (κ1) is 17.8. The van der Waals surface area contributed by atoms with Crippen molar-refractivity contribution < 1.29 is 14.0 Å². The molecule has 144 valence electrons. The number of hydrogen-bond donors (Lipinski definition) is 0. The van der Waals surface area contributed by atoms with Crippen molar-refractivity contribution in [3.63, 3.8) is 0 Å². The summed E-state index contributed by atoms with van der Waals surface area (Å²) in [6.45, 7) is 14.0. The molecular weight excluding hydrogens is 337 g/mol. The highest BCUT2D eigenvalue weighted by Crippen LogP contribution is 2.65. The van der Waals surface area contributed by atoms with Crippen LogP contribution in [0.1, 0.15) is 58.6 Å². The van der Waals surface area contributed by atoms with Crippen LogP contribution in [0.25, 0.3) is 0 Å². The van der Waals surface area contributed by atoms with Gasteiger partial charge in [0.2, 0.25) is 5.90 Å². The maximum atomic E-state index is 6.66. The van der Waals surface area contributed by atoms with E-state index in [4.69, 9.17) is 19.0 Å². The zero-order valence-corrected chi connectivity index (χ0v) is 17.3. The van der Waals surface area contributed by atoms with Gasteiger partial charge in [-0.15, -0.1) is 0 Å². The largest absolute Gasteiger partial charge is 0.494 e. The molecule has 0 spiro atoms. The van der Waals surface area contributed by atoms with Crippen molar-refractivity contribution >= 4 is 18.5 Å². The van der Waals surface area contributed by atoms with Crippen molar-refractivity contribution in [2.45, 2.75) is 71.6 Å². The summed E-state index contributed by atoms with van der Waals surface area (Å²) >= 11 is 0. The Hall–Kier alpha value is -1.33. The molecule has 4 nitrogen and oxygen atoms in total. The molecule has 0 amide bonds. The van der Waals surface area contributed by atoms with Crippen molar-refractivity contribution in [1.82, 2.24) is 0 Å². The van der Waals surface area contributed by atoms with Crippen molar-refractivity contribution in [3.8, 4) is 0 Å². The van der Waals surface area contributed by atoms with Crippen LogP contribution in [0.2, 0.25) is 0 Å². The van der Waals surface area contributed by atoms with Gasteiger partial charge in [-0.3, -0.25) is 0 Å². The normalized spacial score (nSPS) is 38.1. The maximum absolute atomic E-state index is 6.66. The Morgan fingerprint density at radius 3 is 2.56 bits per heavy atom. The van der Waals surface area contributed by atoms with Gasteiger partial charge in [0.25, 0.3) is 0 Å². The SMILES string of the molecule is Cc1ccc(C2=NC(C)(C)CO2)cc1B1OC2CC3CC(C3(C)C)C2(C)O1. The zero-order valence-electron chi connectivity index (χ0n) is 17.3. The highest BCUT2D eigenvalue weighted by Gasteiger charge is 2.68. The van der Waals surface area contributed by atoms with Crippen molar-refractivity contribution in [2.24, 2.45) is 22.2 Å². The Morgan fingerprint density at radius 1 is 1.11 bits per heavy atom. The molecule has 2 aliphatic heterocycles. The van der Waals surface area contributed by atoms with E-state index >= 15 is 0 Å². The van der Waals surface area contributed by atoms with Gasteiger partial charge in [0, 0.05) is 5.56 Å². The van der Waals surface area contributed by atoms with Crippen LogP contribution in [0.3, 0.4) is 0 Å². The number of rotatable bonds is 2. The summed E-state index contributed by atoms with van der Waals surface area (Å²) in [4.78, 5) is 4.72. The second kappa shape index (κ2) is 5.39. The fraction of sp³-hybridized carbons (Fsp3) is 0.682. The lowest BCUT2D eigenvalue weighted by molar-refractivity contribution is -0.199. The quantitative estimate of drug-likeness (QED) is 0.752. The Balaban J connectivity index is 1.46. The molecule has 4 fully saturated rings. The summed E-state index contributed by atoms with van der Waals surface area (Å²) in [6.07, 6.45) is 2.58. The van der Waals surface area contributed by atoms with Gasteiger partial charge < -0.3 is 14.0 Å². The summed E-state index contributed by atoms with van der Waals surface area (Å²) in [5.74, 6) is 2.07.